The fourth-order valence-electron chi connectivity index (χ4n) is 2.68. The van der Waals surface area contributed by atoms with Gasteiger partial charge in [-0.25, -0.2) is 13.6 Å². The third-order valence-corrected chi connectivity index (χ3v) is 3.82. The zero-order valence-corrected chi connectivity index (χ0v) is 12.4. The molecule has 0 spiro atoms. The fraction of sp³-hybridized carbons (Fsp3) is 0.333. The Balaban J connectivity index is 1.78. The lowest BCUT2D eigenvalue weighted by Crippen LogP contribution is -2.39. The summed E-state index contributed by atoms with van der Waals surface area (Å²) in [6.07, 6.45) is 0.302. The van der Waals surface area contributed by atoms with Gasteiger partial charge in [0.2, 0.25) is 0 Å². The first-order chi connectivity index (χ1) is 10.5. The van der Waals surface area contributed by atoms with E-state index in [0.717, 1.165) is 17.8 Å². The largest absolute Gasteiger partial charge is 0.323 e. The highest BCUT2D eigenvalue weighted by Crippen LogP contribution is 2.25. The molecule has 5 nitrogen and oxygen atoms in total. The quantitative estimate of drug-likeness (QED) is 0.880. The highest BCUT2D eigenvalue weighted by atomic mass is 19.1. The number of fused-ring (bicyclic) bond motifs is 1. The van der Waals surface area contributed by atoms with Crippen molar-refractivity contribution in [1.82, 2.24) is 14.7 Å². The first kappa shape index (κ1) is 14.5. The topological polar surface area (TPSA) is 50.2 Å². The molecule has 22 heavy (non-hydrogen) atoms. The van der Waals surface area contributed by atoms with Crippen LogP contribution in [-0.4, -0.2) is 27.3 Å². The van der Waals surface area contributed by atoms with Gasteiger partial charge >= 0.3 is 6.03 Å². The van der Waals surface area contributed by atoms with Crippen LogP contribution in [-0.2, 0) is 20.0 Å². The summed E-state index contributed by atoms with van der Waals surface area (Å²) in [6.45, 7) is 2.22. The molecule has 0 atom stereocenters. The number of rotatable bonds is 1. The summed E-state index contributed by atoms with van der Waals surface area (Å²) in [5.41, 5.74) is 1.40. The Labute approximate surface area is 126 Å². The molecule has 0 fully saturated rings. The number of benzene rings is 1. The van der Waals surface area contributed by atoms with Crippen molar-refractivity contribution in [2.45, 2.75) is 19.9 Å². The van der Waals surface area contributed by atoms with Crippen molar-refractivity contribution in [2.75, 3.05) is 11.9 Å². The maximum absolute atomic E-state index is 13.8. The molecular weight excluding hydrogens is 290 g/mol. The second-order valence-electron chi connectivity index (χ2n) is 5.38. The number of aromatic nitrogens is 2. The van der Waals surface area contributed by atoms with Crippen molar-refractivity contribution in [3.8, 4) is 0 Å². The monoisotopic (exact) mass is 306 g/mol. The molecule has 0 unspecified atom stereocenters. The van der Waals surface area contributed by atoms with Gasteiger partial charge < -0.3 is 4.90 Å². The summed E-state index contributed by atoms with van der Waals surface area (Å²) >= 11 is 0. The van der Waals surface area contributed by atoms with E-state index in [9.17, 15) is 13.6 Å². The molecule has 2 heterocycles. The third-order valence-electron chi connectivity index (χ3n) is 3.82. The van der Waals surface area contributed by atoms with Crippen LogP contribution in [0, 0.1) is 18.6 Å². The molecule has 2 aromatic rings. The number of hydrogen-bond donors (Lipinski definition) is 1. The molecule has 0 radical (unpaired) electrons. The number of nitrogens with zero attached hydrogens (tertiary/aromatic N) is 3. The number of halogens is 2. The molecule has 1 aliphatic heterocycles. The second-order valence-corrected chi connectivity index (χ2v) is 5.38. The van der Waals surface area contributed by atoms with E-state index in [0.29, 0.717) is 24.3 Å². The number of amides is 2. The van der Waals surface area contributed by atoms with Gasteiger partial charge in [-0.1, -0.05) is 0 Å². The standard InChI is InChI=1S/C15H16F2N4O/c1-9-7-14(20(2)19-9)18-15(22)21-6-5-10-11(8-21)13(17)4-3-12(10)16/h3-4,7H,5-6,8H2,1-2H3,(H,18,22). The molecule has 0 saturated carbocycles. The van der Waals surface area contributed by atoms with Gasteiger partial charge in [-0.2, -0.15) is 5.10 Å². The highest BCUT2D eigenvalue weighted by Gasteiger charge is 2.25. The van der Waals surface area contributed by atoms with Crippen LogP contribution in [0.25, 0.3) is 0 Å². The number of carbonyl (C=O) groups excluding carboxylic acids is 1. The number of nitrogens with one attached hydrogen (secondary N) is 1. The molecule has 2 amide bonds. The molecular formula is C15H16F2N4O. The van der Waals surface area contributed by atoms with Crippen LogP contribution < -0.4 is 5.32 Å². The lowest BCUT2D eigenvalue weighted by Gasteiger charge is -2.29. The van der Waals surface area contributed by atoms with Gasteiger partial charge in [-0.3, -0.25) is 10.00 Å². The maximum Gasteiger partial charge on any atom is 0.323 e. The number of urea groups is 1. The number of hydrogen-bond acceptors (Lipinski definition) is 2. The molecule has 0 saturated heterocycles. The Bertz CT molecular complexity index is 741. The fourth-order valence-corrected chi connectivity index (χ4v) is 2.68. The first-order valence-corrected chi connectivity index (χ1v) is 6.98. The van der Waals surface area contributed by atoms with E-state index in [1.165, 1.54) is 4.90 Å². The van der Waals surface area contributed by atoms with E-state index in [4.69, 9.17) is 0 Å². The molecule has 1 N–H and O–H groups in total. The van der Waals surface area contributed by atoms with Crippen LogP contribution in [0.1, 0.15) is 16.8 Å². The number of carbonyl (C=O) groups is 1. The zero-order valence-electron chi connectivity index (χ0n) is 12.4. The summed E-state index contributed by atoms with van der Waals surface area (Å²) in [7, 11) is 1.73. The van der Waals surface area contributed by atoms with Gasteiger partial charge in [-0.15, -0.1) is 0 Å². The Morgan fingerprint density at radius 2 is 1.95 bits per heavy atom. The molecule has 0 bridgehead atoms. The Kier molecular flexibility index (Phi) is 3.56. The minimum atomic E-state index is -0.481. The van der Waals surface area contributed by atoms with Crippen LogP contribution in [0.2, 0.25) is 0 Å². The third kappa shape index (κ3) is 2.54. The van der Waals surface area contributed by atoms with Crippen molar-refractivity contribution in [3.63, 3.8) is 0 Å². The molecule has 1 aromatic carbocycles. The SMILES string of the molecule is Cc1cc(NC(=O)N2CCc3c(F)ccc(F)c3C2)n(C)n1. The van der Waals surface area contributed by atoms with Gasteiger partial charge in [0, 0.05) is 25.2 Å². The molecule has 7 heteroatoms. The minimum Gasteiger partial charge on any atom is -0.320 e. The normalized spacial score (nSPS) is 13.9. The van der Waals surface area contributed by atoms with Crippen molar-refractivity contribution in [2.24, 2.45) is 7.05 Å². The smallest absolute Gasteiger partial charge is 0.320 e. The van der Waals surface area contributed by atoms with Gasteiger partial charge in [-0.05, 0) is 31.0 Å². The van der Waals surface area contributed by atoms with Gasteiger partial charge in [0.1, 0.15) is 17.5 Å². The van der Waals surface area contributed by atoms with Crippen LogP contribution >= 0.6 is 0 Å². The van der Waals surface area contributed by atoms with Crippen molar-refractivity contribution < 1.29 is 13.6 Å². The number of aryl methyl sites for hydroxylation is 2. The van der Waals surface area contributed by atoms with E-state index in [1.807, 2.05) is 6.92 Å². The predicted molar refractivity (Wildman–Crippen MR) is 77.4 cm³/mol. The minimum absolute atomic E-state index is 0.0571. The van der Waals surface area contributed by atoms with E-state index in [1.54, 1.807) is 17.8 Å². The first-order valence-electron chi connectivity index (χ1n) is 6.98. The maximum atomic E-state index is 13.8. The van der Waals surface area contributed by atoms with Crippen LogP contribution in [0.5, 0.6) is 0 Å². The van der Waals surface area contributed by atoms with E-state index >= 15 is 0 Å². The summed E-state index contributed by atoms with van der Waals surface area (Å²) in [4.78, 5) is 13.8. The van der Waals surface area contributed by atoms with Gasteiger partial charge in [0.15, 0.2) is 0 Å². The van der Waals surface area contributed by atoms with Gasteiger partial charge in [0.25, 0.3) is 0 Å². The van der Waals surface area contributed by atoms with Crippen LogP contribution in [0.3, 0.4) is 0 Å². The van der Waals surface area contributed by atoms with Crippen molar-refractivity contribution in [3.05, 3.63) is 46.7 Å². The summed E-state index contributed by atoms with van der Waals surface area (Å²) in [6, 6.07) is 3.62. The zero-order chi connectivity index (χ0) is 15.9. The molecule has 0 aliphatic carbocycles. The lowest BCUT2D eigenvalue weighted by atomic mass is 9.99. The summed E-state index contributed by atoms with van der Waals surface area (Å²) in [5.74, 6) is -0.336. The highest BCUT2D eigenvalue weighted by molar-refractivity contribution is 5.88. The van der Waals surface area contributed by atoms with E-state index in [2.05, 4.69) is 10.4 Å². The van der Waals surface area contributed by atoms with E-state index in [-0.39, 0.29) is 18.1 Å². The summed E-state index contributed by atoms with van der Waals surface area (Å²) < 4.78 is 29.1. The van der Waals surface area contributed by atoms with Gasteiger partial charge in [0.05, 0.1) is 12.2 Å². The van der Waals surface area contributed by atoms with Crippen molar-refractivity contribution in [1.29, 1.82) is 0 Å². The Morgan fingerprint density at radius 3 is 2.59 bits per heavy atom. The molecule has 3 rings (SSSR count). The van der Waals surface area contributed by atoms with Crippen LogP contribution in [0.4, 0.5) is 19.4 Å². The second kappa shape index (κ2) is 5.40. The lowest BCUT2D eigenvalue weighted by molar-refractivity contribution is 0.204. The average Bonchev–Trinajstić information content (AvgIpc) is 2.80. The van der Waals surface area contributed by atoms with Crippen molar-refractivity contribution >= 4 is 11.8 Å². The molecule has 116 valence electrons. The molecule has 1 aliphatic rings. The number of anilines is 1. The average molecular weight is 306 g/mol. The van der Waals surface area contributed by atoms with Crippen LogP contribution in [0.15, 0.2) is 18.2 Å². The Morgan fingerprint density at radius 1 is 1.27 bits per heavy atom. The molecule has 1 aromatic heterocycles. The predicted octanol–water partition coefficient (Wildman–Crippen LogP) is 2.60. The summed E-state index contributed by atoms with van der Waals surface area (Å²) in [5, 5.41) is 6.88. The Hall–Kier alpha value is -2.44. The van der Waals surface area contributed by atoms with E-state index < -0.39 is 11.6 Å².